The number of methoxy groups -OCH3 is 6. The van der Waals surface area contributed by atoms with Gasteiger partial charge in [0.2, 0.25) is 12.1 Å². The molecule has 0 aromatic heterocycles. The molecule has 2 saturated heterocycles. The number of hydrogen-bond acceptors (Lipinski definition) is 10. The minimum absolute atomic E-state index is 0.00280. The fourth-order valence-electron chi connectivity index (χ4n) is 5.59. The van der Waals surface area contributed by atoms with E-state index in [1.165, 1.54) is 0 Å². The molecule has 10 heteroatoms. The van der Waals surface area contributed by atoms with E-state index in [-0.39, 0.29) is 17.9 Å². The molecule has 0 bridgehead atoms. The fraction of sp³-hybridized carbons (Fsp3) is 0.905. The Kier molecular flexibility index (Phi) is 6.93. The van der Waals surface area contributed by atoms with Crippen LogP contribution >= 0.6 is 0 Å². The van der Waals surface area contributed by atoms with Crippen molar-refractivity contribution in [1.82, 2.24) is 0 Å². The second kappa shape index (κ2) is 9.20. The van der Waals surface area contributed by atoms with Crippen LogP contribution in [0.15, 0.2) is 12.3 Å². The van der Waals surface area contributed by atoms with Crippen molar-refractivity contribution >= 4 is 0 Å². The summed E-state index contributed by atoms with van der Waals surface area (Å²) < 4.78 is 58.1. The van der Waals surface area contributed by atoms with Gasteiger partial charge in [-0.15, -0.1) is 0 Å². The highest BCUT2D eigenvalue weighted by atomic mass is 16.8. The zero-order valence-corrected chi connectivity index (χ0v) is 19.0. The lowest BCUT2D eigenvalue weighted by Gasteiger charge is -2.46. The lowest BCUT2D eigenvalue weighted by molar-refractivity contribution is -0.350. The van der Waals surface area contributed by atoms with Gasteiger partial charge >= 0.3 is 0 Å². The van der Waals surface area contributed by atoms with Crippen LogP contribution in [0.1, 0.15) is 6.42 Å². The van der Waals surface area contributed by atoms with Crippen LogP contribution in [0, 0.1) is 11.8 Å². The summed E-state index contributed by atoms with van der Waals surface area (Å²) in [5, 5.41) is 0. The zero-order chi connectivity index (χ0) is 22.2. The van der Waals surface area contributed by atoms with E-state index in [0.717, 1.165) is 0 Å². The first-order valence-corrected chi connectivity index (χ1v) is 10.5. The van der Waals surface area contributed by atoms with Crippen molar-refractivity contribution in [2.45, 2.75) is 54.8 Å². The molecule has 0 aromatic carbocycles. The Hall–Kier alpha value is -0.820. The van der Waals surface area contributed by atoms with E-state index in [9.17, 15) is 0 Å². The van der Waals surface area contributed by atoms with Crippen molar-refractivity contribution in [1.29, 1.82) is 0 Å². The Morgan fingerprint density at radius 3 is 2.26 bits per heavy atom. The van der Waals surface area contributed by atoms with E-state index in [1.54, 1.807) is 48.9 Å². The average molecular weight is 446 g/mol. The van der Waals surface area contributed by atoms with Crippen LogP contribution in [0.4, 0.5) is 0 Å². The molecule has 0 aromatic rings. The summed E-state index contributed by atoms with van der Waals surface area (Å²) >= 11 is 0. The Bertz CT molecular complexity index is 646. The lowest BCUT2D eigenvalue weighted by Crippen LogP contribution is -2.62. The van der Waals surface area contributed by atoms with Crippen molar-refractivity contribution < 1.29 is 47.4 Å². The quantitative estimate of drug-likeness (QED) is 0.446. The molecule has 0 spiro atoms. The van der Waals surface area contributed by atoms with Crippen LogP contribution in [-0.4, -0.2) is 104 Å². The summed E-state index contributed by atoms with van der Waals surface area (Å²) in [6, 6.07) is 0. The third kappa shape index (κ3) is 3.62. The van der Waals surface area contributed by atoms with Crippen molar-refractivity contribution in [2.75, 3.05) is 55.9 Å². The maximum atomic E-state index is 6.37. The van der Waals surface area contributed by atoms with Crippen LogP contribution in [0.2, 0.25) is 0 Å². The molecule has 3 aliphatic heterocycles. The summed E-state index contributed by atoms with van der Waals surface area (Å²) in [5.74, 6) is -0.758. The summed E-state index contributed by atoms with van der Waals surface area (Å²) in [6.07, 6.45) is 1.28. The zero-order valence-electron chi connectivity index (χ0n) is 19.0. The van der Waals surface area contributed by atoms with Crippen molar-refractivity contribution in [3.05, 3.63) is 12.3 Å². The Morgan fingerprint density at radius 1 is 0.903 bits per heavy atom. The third-order valence-electron chi connectivity index (χ3n) is 6.94. The van der Waals surface area contributed by atoms with E-state index in [4.69, 9.17) is 47.4 Å². The molecule has 4 aliphatic rings. The topological polar surface area (TPSA) is 95.6 Å². The second-order valence-corrected chi connectivity index (χ2v) is 8.36. The van der Waals surface area contributed by atoms with E-state index in [1.807, 2.05) is 6.08 Å². The fourth-order valence-corrected chi connectivity index (χ4v) is 5.59. The number of epoxide rings is 1. The highest BCUT2D eigenvalue weighted by Crippen LogP contribution is 2.67. The molecule has 10 atom stereocenters. The molecule has 3 heterocycles. The first-order chi connectivity index (χ1) is 15.0. The van der Waals surface area contributed by atoms with Gasteiger partial charge in [0.05, 0.1) is 19.5 Å². The van der Waals surface area contributed by atoms with Gasteiger partial charge in [0.1, 0.15) is 30.0 Å². The number of fused-ring (bicyclic) bond motifs is 3. The third-order valence-corrected chi connectivity index (χ3v) is 6.94. The van der Waals surface area contributed by atoms with Gasteiger partial charge in [0.15, 0.2) is 6.29 Å². The van der Waals surface area contributed by atoms with Gasteiger partial charge in [-0.25, -0.2) is 0 Å². The molecular formula is C21H34O10. The molecule has 10 nitrogen and oxygen atoms in total. The smallest absolute Gasteiger partial charge is 0.207 e. The van der Waals surface area contributed by atoms with Crippen molar-refractivity contribution in [3.63, 3.8) is 0 Å². The normalized spacial score (nSPS) is 48.2. The number of rotatable bonds is 10. The first kappa shape index (κ1) is 23.3. The SMILES string of the molecule is COCC1OC(OC2OC=CC3C2CC2(COC)OC32OC)C(OC)C(OC)C1OC. The van der Waals surface area contributed by atoms with E-state index >= 15 is 0 Å². The molecule has 1 aliphatic carbocycles. The predicted octanol–water partition coefficient (Wildman–Crippen LogP) is 0.684. The highest BCUT2D eigenvalue weighted by molar-refractivity contribution is 5.26. The molecule has 10 unspecified atom stereocenters. The summed E-state index contributed by atoms with van der Waals surface area (Å²) in [4.78, 5) is 0. The van der Waals surface area contributed by atoms with Crippen molar-refractivity contribution in [2.24, 2.45) is 11.8 Å². The van der Waals surface area contributed by atoms with Crippen LogP contribution < -0.4 is 0 Å². The van der Waals surface area contributed by atoms with Crippen LogP contribution in [0.5, 0.6) is 0 Å². The Morgan fingerprint density at radius 2 is 1.65 bits per heavy atom. The molecule has 3 fully saturated rings. The summed E-state index contributed by atoms with van der Waals surface area (Å²) in [6.45, 7) is 0.760. The van der Waals surface area contributed by atoms with Crippen LogP contribution in [-0.2, 0) is 47.4 Å². The monoisotopic (exact) mass is 446 g/mol. The predicted molar refractivity (Wildman–Crippen MR) is 105 cm³/mol. The molecule has 1 saturated carbocycles. The molecule has 178 valence electrons. The minimum atomic E-state index is -0.742. The number of ether oxygens (including phenoxy) is 10. The van der Waals surface area contributed by atoms with Gasteiger partial charge in [-0.05, 0) is 12.5 Å². The van der Waals surface area contributed by atoms with Crippen LogP contribution in [0.25, 0.3) is 0 Å². The van der Waals surface area contributed by atoms with Gasteiger partial charge < -0.3 is 47.4 Å². The lowest BCUT2D eigenvalue weighted by atomic mass is 9.91. The van der Waals surface area contributed by atoms with Crippen molar-refractivity contribution in [3.8, 4) is 0 Å². The second-order valence-electron chi connectivity index (χ2n) is 8.36. The van der Waals surface area contributed by atoms with E-state index < -0.39 is 42.3 Å². The van der Waals surface area contributed by atoms with Gasteiger partial charge in [-0.1, -0.05) is 0 Å². The van der Waals surface area contributed by atoms with E-state index in [0.29, 0.717) is 19.6 Å². The maximum Gasteiger partial charge on any atom is 0.207 e. The molecule has 31 heavy (non-hydrogen) atoms. The average Bonchev–Trinajstić information content (AvgIpc) is 3.33. The molecule has 0 radical (unpaired) electrons. The molecule has 0 amide bonds. The van der Waals surface area contributed by atoms with Crippen LogP contribution in [0.3, 0.4) is 0 Å². The van der Waals surface area contributed by atoms with Gasteiger partial charge in [-0.2, -0.15) is 0 Å². The first-order valence-electron chi connectivity index (χ1n) is 10.5. The maximum absolute atomic E-state index is 6.37. The Balaban J connectivity index is 1.53. The van der Waals surface area contributed by atoms with E-state index in [2.05, 4.69) is 0 Å². The minimum Gasteiger partial charge on any atom is -0.472 e. The summed E-state index contributed by atoms with van der Waals surface area (Å²) in [7, 11) is 9.75. The standard InChI is InChI=1S/C21H34O10/c1-22-10-14-15(24-3)16(25-4)17(26-5)19(29-14)30-18-12-9-20(11-23-2)21(27-6,31-20)13(12)7-8-28-18/h7-8,12-19H,9-11H2,1-6H3. The van der Waals surface area contributed by atoms with Gasteiger partial charge in [0, 0.05) is 54.5 Å². The number of hydrogen-bond donors (Lipinski definition) is 0. The molecule has 4 rings (SSSR count). The summed E-state index contributed by atoms with van der Waals surface area (Å²) in [5.41, 5.74) is -0.506. The molecule has 0 N–H and O–H groups in total. The highest BCUT2D eigenvalue weighted by Gasteiger charge is 2.81. The van der Waals surface area contributed by atoms with Gasteiger partial charge in [-0.3, -0.25) is 0 Å². The largest absolute Gasteiger partial charge is 0.472 e. The Labute approximate surface area is 182 Å². The molecular weight excluding hydrogens is 412 g/mol. The van der Waals surface area contributed by atoms with Gasteiger partial charge in [0.25, 0.3) is 0 Å².